The van der Waals surface area contributed by atoms with Crippen LogP contribution in [0.25, 0.3) is 32.9 Å². The average Bonchev–Trinajstić information content (AvgIpc) is 2.97. The van der Waals surface area contributed by atoms with Gasteiger partial charge in [-0.2, -0.15) is 5.10 Å². The third-order valence-electron chi connectivity index (χ3n) is 5.62. The molecule has 4 aromatic rings. The average molecular weight is 437 g/mol. The number of hydrogen-bond acceptors (Lipinski definition) is 4. The predicted octanol–water partition coefficient (Wildman–Crippen LogP) is 3.71. The van der Waals surface area contributed by atoms with Gasteiger partial charge in [0.15, 0.2) is 0 Å². The van der Waals surface area contributed by atoms with E-state index in [0.717, 1.165) is 0 Å². The monoisotopic (exact) mass is 437 g/mol. The Morgan fingerprint density at radius 3 is 2.47 bits per heavy atom. The number of carboxylic acids is 1. The minimum absolute atomic E-state index is 0.196. The number of aliphatic carboxylic acids is 1. The van der Waals surface area contributed by atoms with Gasteiger partial charge in [-0.1, -0.05) is 18.2 Å². The van der Waals surface area contributed by atoms with Gasteiger partial charge in [0.1, 0.15) is 18.1 Å². The van der Waals surface area contributed by atoms with Crippen molar-refractivity contribution < 1.29 is 19.4 Å². The molecule has 0 atom stereocenters. The first-order chi connectivity index (χ1) is 15.1. The summed E-state index contributed by atoms with van der Waals surface area (Å²) in [5, 5.41) is 25.7. The summed E-state index contributed by atoms with van der Waals surface area (Å²) >= 11 is 0. The molecule has 166 valence electrons. The molecule has 7 nitrogen and oxygen atoms in total. The molecule has 32 heavy (non-hydrogen) atoms. The molecule has 0 fully saturated rings. The maximum Gasteiger partial charge on any atom is 0.323 e. The summed E-state index contributed by atoms with van der Waals surface area (Å²) in [7, 11) is 0. The van der Waals surface area contributed by atoms with E-state index in [1.807, 2.05) is 0 Å². The maximum absolute atomic E-state index is 14.2. The van der Waals surface area contributed by atoms with Gasteiger partial charge in [0.05, 0.1) is 11.0 Å². The lowest BCUT2D eigenvalue weighted by atomic mass is 10.0. The van der Waals surface area contributed by atoms with Crippen LogP contribution in [0, 0.1) is 12.7 Å². The molecule has 2 aromatic carbocycles. The van der Waals surface area contributed by atoms with Crippen LogP contribution in [0.2, 0.25) is 0 Å². The van der Waals surface area contributed by atoms with Crippen molar-refractivity contribution in [2.24, 2.45) is 0 Å². The third kappa shape index (κ3) is 3.89. The Labute approximate surface area is 183 Å². The lowest BCUT2D eigenvalue weighted by Crippen LogP contribution is -2.29. The summed E-state index contributed by atoms with van der Waals surface area (Å²) < 4.78 is 17.1. The van der Waals surface area contributed by atoms with E-state index < -0.39 is 17.4 Å². The van der Waals surface area contributed by atoms with Gasteiger partial charge >= 0.3 is 5.97 Å². The Morgan fingerprint density at radius 2 is 1.81 bits per heavy atom. The van der Waals surface area contributed by atoms with Gasteiger partial charge < -0.3 is 14.8 Å². The summed E-state index contributed by atoms with van der Waals surface area (Å²) in [6.07, 6.45) is 0.312. The second-order valence-corrected chi connectivity index (χ2v) is 8.59. The lowest BCUT2D eigenvalue weighted by molar-refractivity contribution is -0.137. The Kier molecular flexibility index (Phi) is 5.34. The van der Waals surface area contributed by atoms with Gasteiger partial charge in [-0.3, -0.25) is 9.59 Å². The summed E-state index contributed by atoms with van der Waals surface area (Å²) in [5.41, 5.74) is 0.956. The van der Waals surface area contributed by atoms with E-state index in [1.165, 1.54) is 16.8 Å². The molecule has 0 unspecified atom stereocenters. The molecule has 0 radical (unpaired) electrons. The summed E-state index contributed by atoms with van der Waals surface area (Å²) in [4.78, 5) is 24.5. The quantitative estimate of drug-likeness (QED) is 0.479. The molecule has 0 bridgehead atoms. The van der Waals surface area contributed by atoms with Crippen molar-refractivity contribution in [3.8, 4) is 11.3 Å². The predicted molar refractivity (Wildman–Crippen MR) is 120 cm³/mol. The zero-order valence-electron chi connectivity index (χ0n) is 18.1. The number of rotatable bonds is 6. The van der Waals surface area contributed by atoms with E-state index in [4.69, 9.17) is 0 Å². The summed E-state index contributed by atoms with van der Waals surface area (Å²) in [5.74, 6) is -1.47. The number of halogens is 1. The first-order valence-corrected chi connectivity index (χ1v) is 10.3. The minimum Gasteiger partial charge on any atom is -0.480 e. The number of nitrogens with zero attached hydrogens (tertiary/aromatic N) is 3. The number of fused-ring (bicyclic) bond motifs is 2. The van der Waals surface area contributed by atoms with Crippen molar-refractivity contribution in [3.63, 3.8) is 0 Å². The van der Waals surface area contributed by atoms with Gasteiger partial charge in [0.25, 0.3) is 5.56 Å². The Hall–Kier alpha value is -3.52. The molecule has 4 rings (SSSR count). The third-order valence-corrected chi connectivity index (χ3v) is 5.62. The Balaban J connectivity index is 2.06. The van der Waals surface area contributed by atoms with Gasteiger partial charge in [-0.15, -0.1) is 0 Å². The van der Waals surface area contributed by atoms with E-state index in [2.05, 4.69) is 5.10 Å². The number of aliphatic hydroxyl groups is 1. The standard InChI is InChI=1S/C24H24FN3O4/c1-14-21(18-12-15(25)8-9-19(18)27(14)13-20(29)30)22-16-6-4-5-7-17(16)23(31)28(26-22)11-10-24(2,3)32/h4-9,12,32H,10-11,13H2,1-3H3,(H,29,30). The van der Waals surface area contributed by atoms with Crippen LogP contribution in [0.5, 0.6) is 0 Å². The van der Waals surface area contributed by atoms with Crippen molar-refractivity contribution in [1.29, 1.82) is 0 Å². The molecule has 0 aliphatic rings. The lowest BCUT2D eigenvalue weighted by Gasteiger charge is -2.18. The molecular weight excluding hydrogens is 413 g/mol. The highest BCUT2D eigenvalue weighted by atomic mass is 19.1. The van der Waals surface area contributed by atoms with Gasteiger partial charge in [-0.05, 0) is 51.5 Å². The number of carboxylic acid groups (broad SMARTS) is 1. The van der Waals surface area contributed by atoms with Crippen molar-refractivity contribution in [1.82, 2.24) is 14.3 Å². The van der Waals surface area contributed by atoms with E-state index in [-0.39, 0.29) is 18.6 Å². The molecule has 0 saturated heterocycles. The molecule has 0 amide bonds. The Morgan fingerprint density at radius 1 is 1.12 bits per heavy atom. The second kappa shape index (κ2) is 7.87. The first-order valence-electron chi connectivity index (χ1n) is 10.3. The molecule has 2 aromatic heterocycles. The molecule has 8 heteroatoms. The molecule has 0 aliphatic heterocycles. The number of aromatic nitrogens is 3. The van der Waals surface area contributed by atoms with Crippen LogP contribution < -0.4 is 5.56 Å². The summed E-state index contributed by atoms with van der Waals surface area (Å²) in [6, 6.07) is 11.2. The smallest absolute Gasteiger partial charge is 0.323 e. The minimum atomic E-state index is -1.02. The van der Waals surface area contributed by atoms with Crippen LogP contribution in [-0.2, 0) is 17.9 Å². The van der Waals surface area contributed by atoms with Gasteiger partial charge in [-0.25, -0.2) is 9.07 Å². The van der Waals surface area contributed by atoms with Crippen LogP contribution >= 0.6 is 0 Å². The van der Waals surface area contributed by atoms with Crippen LogP contribution in [-0.4, -0.2) is 36.1 Å². The van der Waals surface area contributed by atoms with Crippen LogP contribution in [0.15, 0.2) is 47.3 Å². The van der Waals surface area contributed by atoms with E-state index in [1.54, 1.807) is 55.7 Å². The van der Waals surface area contributed by atoms with Crippen LogP contribution in [0.1, 0.15) is 26.0 Å². The van der Waals surface area contributed by atoms with Crippen molar-refractivity contribution in [2.75, 3.05) is 0 Å². The van der Waals surface area contributed by atoms with Crippen molar-refractivity contribution in [3.05, 3.63) is 64.3 Å². The molecule has 0 saturated carbocycles. The zero-order chi connectivity index (χ0) is 23.2. The van der Waals surface area contributed by atoms with E-state index >= 15 is 0 Å². The molecule has 2 heterocycles. The first kappa shape index (κ1) is 21.7. The fourth-order valence-corrected chi connectivity index (χ4v) is 4.04. The van der Waals surface area contributed by atoms with Crippen LogP contribution in [0.3, 0.4) is 0 Å². The molecule has 0 aliphatic carbocycles. The number of carbonyl (C=O) groups is 1. The van der Waals surface area contributed by atoms with Gasteiger partial charge in [0, 0.05) is 34.1 Å². The zero-order valence-corrected chi connectivity index (χ0v) is 18.1. The number of benzene rings is 2. The molecule has 2 N–H and O–H groups in total. The normalized spacial score (nSPS) is 12.0. The van der Waals surface area contributed by atoms with E-state index in [9.17, 15) is 24.2 Å². The number of hydrogen-bond donors (Lipinski definition) is 2. The van der Waals surface area contributed by atoms with Gasteiger partial charge in [0.2, 0.25) is 0 Å². The molecular formula is C24H24FN3O4. The Bertz CT molecular complexity index is 1410. The topological polar surface area (TPSA) is 97.4 Å². The second-order valence-electron chi connectivity index (χ2n) is 8.59. The highest BCUT2D eigenvalue weighted by molar-refractivity contribution is 6.05. The highest BCUT2D eigenvalue weighted by Crippen LogP contribution is 2.37. The molecule has 0 spiro atoms. The fraction of sp³-hybridized carbons (Fsp3) is 0.292. The fourth-order valence-electron chi connectivity index (χ4n) is 4.04. The largest absolute Gasteiger partial charge is 0.480 e. The van der Waals surface area contributed by atoms with E-state index in [0.29, 0.717) is 45.0 Å². The van der Waals surface area contributed by atoms with Crippen molar-refractivity contribution in [2.45, 2.75) is 45.9 Å². The number of aryl methyl sites for hydroxylation is 1. The highest BCUT2D eigenvalue weighted by Gasteiger charge is 2.23. The summed E-state index contributed by atoms with van der Waals surface area (Å²) in [6.45, 7) is 4.99. The van der Waals surface area contributed by atoms with Crippen LogP contribution in [0.4, 0.5) is 4.39 Å². The SMILES string of the molecule is Cc1c(-c2nn(CCC(C)(C)O)c(=O)c3ccccc23)c2cc(F)ccc2n1CC(=O)O. The van der Waals surface area contributed by atoms with Crippen molar-refractivity contribution >= 4 is 27.6 Å². The maximum atomic E-state index is 14.2.